The molecule has 0 saturated carbocycles. The first kappa shape index (κ1) is 31.3. The lowest BCUT2D eigenvalue weighted by atomic mass is 9.84. The van der Waals surface area contributed by atoms with Gasteiger partial charge in [-0.1, -0.05) is 13.8 Å². The molecule has 0 heterocycles. The first-order chi connectivity index (χ1) is 15.0. The largest absolute Gasteiger partial charge is 0.356 e. The van der Waals surface area contributed by atoms with Gasteiger partial charge in [-0.2, -0.15) is 8.42 Å². The summed E-state index contributed by atoms with van der Waals surface area (Å²) in [6, 6.07) is 0. The molecule has 0 rings (SSSR count). The van der Waals surface area contributed by atoms with E-state index in [2.05, 4.69) is 10.6 Å². The molecule has 194 valence electrons. The van der Waals surface area contributed by atoms with Crippen LogP contribution < -0.4 is 10.6 Å². The zero-order chi connectivity index (χ0) is 26.0. The second kappa shape index (κ2) is 13.9. The fourth-order valence-corrected chi connectivity index (χ4v) is 4.68. The molecule has 0 aliphatic carbocycles. The van der Waals surface area contributed by atoms with Crippen LogP contribution in [0.4, 0.5) is 0 Å². The standard InChI is InChI=1S/C22H44N4O6S/c1-9-17(21(29)26(7)8)14-18(20(28)23-11-10-12-25(5)6)13-16(2)19(27)24-22(3,4)15-33(30,31)32/h16-18H,9-15H2,1-8H3,(H,23,28)(H,24,27)(H,30,31,32). The van der Waals surface area contributed by atoms with Crippen LogP contribution in [0.3, 0.4) is 0 Å². The van der Waals surface area contributed by atoms with Crippen molar-refractivity contribution in [3.8, 4) is 0 Å². The van der Waals surface area contributed by atoms with Gasteiger partial charge in [0.25, 0.3) is 10.1 Å². The Labute approximate surface area is 199 Å². The average Bonchev–Trinajstić information content (AvgIpc) is 2.64. The molecule has 0 aliphatic heterocycles. The average molecular weight is 493 g/mol. The number of rotatable bonds is 15. The third-order valence-electron chi connectivity index (χ3n) is 5.39. The topological polar surface area (TPSA) is 136 Å². The summed E-state index contributed by atoms with van der Waals surface area (Å²) < 4.78 is 31.5. The van der Waals surface area contributed by atoms with Gasteiger partial charge in [-0.3, -0.25) is 18.9 Å². The molecule has 0 spiro atoms. The van der Waals surface area contributed by atoms with Gasteiger partial charge in [0, 0.05) is 38.4 Å². The molecule has 0 aromatic rings. The molecule has 0 aromatic heterocycles. The van der Waals surface area contributed by atoms with E-state index in [0.717, 1.165) is 13.0 Å². The van der Waals surface area contributed by atoms with E-state index in [0.29, 0.717) is 19.4 Å². The van der Waals surface area contributed by atoms with Crippen LogP contribution in [0, 0.1) is 17.8 Å². The Hall–Kier alpha value is -1.72. The molecule has 0 fully saturated rings. The van der Waals surface area contributed by atoms with Crippen molar-refractivity contribution in [2.75, 3.05) is 47.0 Å². The number of nitrogens with zero attached hydrogens (tertiary/aromatic N) is 2. The minimum atomic E-state index is -4.27. The highest BCUT2D eigenvalue weighted by Gasteiger charge is 2.32. The van der Waals surface area contributed by atoms with Gasteiger partial charge >= 0.3 is 0 Å². The van der Waals surface area contributed by atoms with Gasteiger partial charge in [0.2, 0.25) is 17.7 Å². The summed E-state index contributed by atoms with van der Waals surface area (Å²) in [6.07, 6.45) is 1.88. The second-order valence-corrected chi connectivity index (χ2v) is 11.4. The Kier molecular flexibility index (Phi) is 13.1. The Morgan fingerprint density at radius 3 is 2.03 bits per heavy atom. The SMILES string of the molecule is CCC(CC(CC(C)C(=O)NC(C)(C)CS(=O)(=O)O)C(=O)NCCCN(C)C)C(=O)N(C)C. The molecule has 10 nitrogen and oxygen atoms in total. The van der Waals surface area contributed by atoms with Crippen LogP contribution >= 0.6 is 0 Å². The van der Waals surface area contributed by atoms with E-state index >= 15 is 0 Å². The van der Waals surface area contributed by atoms with Crippen molar-refractivity contribution >= 4 is 27.8 Å². The minimum Gasteiger partial charge on any atom is -0.356 e. The molecule has 3 N–H and O–H groups in total. The fraction of sp³-hybridized carbons (Fsp3) is 0.864. The van der Waals surface area contributed by atoms with Gasteiger partial charge in [-0.25, -0.2) is 0 Å². The maximum Gasteiger partial charge on any atom is 0.267 e. The van der Waals surface area contributed by atoms with Gasteiger partial charge in [0.15, 0.2) is 0 Å². The summed E-state index contributed by atoms with van der Waals surface area (Å²) in [5.41, 5.74) is -1.17. The predicted octanol–water partition coefficient (Wildman–Crippen LogP) is 0.984. The number of carbonyl (C=O) groups excluding carboxylic acids is 3. The van der Waals surface area contributed by atoms with Crippen molar-refractivity contribution < 1.29 is 27.4 Å². The van der Waals surface area contributed by atoms with E-state index in [9.17, 15) is 22.8 Å². The van der Waals surface area contributed by atoms with E-state index in [1.54, 1.807) is 21.0 Å². The highest BCUT2D eigenvalue weighted by atomic mass is 32.2. The Balaban J connectivity index is 5.38. The maximum absolute atomic E-state index is 13.0. The highest BCUT2D eigenvalue weighted by Crippen LogP contribution is 2.25. The quantitative estimate of drug-likeness (QED) is 0.229. The van der Waals surface area contributed by atoms with Crippen molar-refractivity contribution in [3.05, 3.63) is 0 Å². The normalized spacial score (nSPS) is 15.0. The first-order valence-corrected chi connectivity index (χ1v) is 13.0. The zero-order valence-corrected chi connectivity index (χ0v) is 22.3. The van der Waals surface area contributed by atoms with Crippen LogP contribution in [0.2, 0.25) is 0 Å². The number of nitrogens with one attached hydrogen (secondary N) is 2. The van der Waals surface area contributed by atoms with Crippen LogP contribution in [0.25, 0.3) is 0 Å². The third-order valence-corrected chi connectivity index (χ3v) is 6.48. The summed E-state index contributed by atoms with van der Waals surface area (Å²) >= 11 is 0. The van der Waals surface area contributed by atoms with Crippen LogP contribution in [-0.4, -0.2) is 93.1 Å². The monoisotopic (exact) mass is 492 g/mol. The van der Waals surface area contributed by atoms with Crippen LogP contribution in [0.1, 0.15) is 53.4 Å². The third kappa shape index (κ3) is 13.5. The zero-order valence-electron chi connectivity index (χ0n) is 21.5. The lowest BCUT2D eigenvalue weighted by Crippen LogP contribution is -2.50. The van der Waals surface area contributed by atoms with E-state index in [4.69, 9.17) is 4.55 Å². The first-order valence-electron chi connectivity index (χ1n) is 11.4. The minimum absolute atomic E-state index is 0.0608. The molecule has 11 heteroatoms. The molecule has 0 aliphatic rings. The molecular formula is C22H44N4O6S. The Morgan fingerprint density at radius 1 is 1.00 bits per heavy atom. The van der Waals surface area contributed by atoms with Gasteiger partial charge in [0.1, 0.15) is 0 Å². The number of hydrogen-bond donors (Lipinski definition) is 3. The summed E-state index contributed by atoms with van der Waals surface area (Å²) in [6.45, 7) is 7.88. The van der Waals surface area contributed by atoms with E-state index in [1.807, 2.05) is 25.9 Å². The molecule has 0 bridgehead atoms. The summed E-state index contributed by atoms with van der Waals surface area (Å²) in [5.74, 6) is -2.79. The molecule has 0 radical (unpaired) electrons. The Morgan fingerprint density at radius 2 is 1.58 bits per heavy atom. The molecule has 33 heavy (non-hydrogen) atoms. The summed E-state index contributed by atoms with van der Waals surface area (Å²) in [4.78, 5) is 41.8. The van der Waals surface area contributed by atoms with Crippen molar-refractivity contribution in [1.82, 2.24) is 20.4 Å². The smallest absolute Gasteiger partial charge is 0.267 e. The Bertz CT molecular complexity index is 752. The van der Waals surface area contributed by atoms with Gasteiger partial charge in [-0.15, -0.1) is 0 Å². The summed E-state index contributed by atoms with van der Waals surface area (Å²) in [5, 5.41) is 5.56. The van der Waals surface area contributed by atoms with Crippen molar-refractivity contribution in [2.24, 2.45) is 17.8 Å². The van der Waals surface area contributed by atoms with E-state index in [1.165, 1.54) is 18.7 Å². The van der Waals surface area contributed by atoms with Crippen LogP contribution in [0.5, 0.6) is 0 Å². The van der Waals surface area contributed by atoms with Gasteiger partial charge in [-0.05, 0) is 60.2 Å². The number of amides is 3. The van der Waals surface area contributed by atoms with Crippen LogP contribution in [-0.2, 0) is 24.5 Å². The lowest BCUT2D eigenvalue weighted by Gasteiger charge is -2.29. The summed E-state index contributed by atoms with van der Waals surface area (Å²) in [7, 11) is 2.98. The van der Waals surface area contributed by atoms with Crippen molar-refractivity contribution in [3.63, 3.8) is 0 Å². The number of hydrogen-bond acceptors (Lipinski definition) is 6. The number of carbonyl (C=O) groups is 3. The van der Waals surface area contributed by atoms with Crippen molar-refractivity contribution in [2.45, 2.75) is 58.9 Å². The fourth-order valence-electron chi connectivity index (χ4n) is 3.69. The van der Waals surface area contributed by atoms with Crippen molar-refractivity contribution in [1.29, 1.82) is 0 Å². The van der Waals surface area contributed by atoms with E-state index < -0.39 is 39.2 Å². The van der Waals surface area contributed by atoms with Gasteiger partial charge in [0.05, 0.1) is 11.3 Å². The molecule has 3 unspecified atom stereocenters. The van der Waals surface area contributed by atoms with E-state index in [-0.39, 0.29) is 24.2 Å². The lowest BCUT2D eigenvalue weighted by molar-refractivity contribution is -0.134. The van der Waals surface area contributed by atoms with Gasteiger partial charge < -0.3 is 20.4 Å². The van der Waals surface area contributed by atoms with Crippen LogP contribution in [0.15, 0.2) is 0 Å². The predicted molar refractivity (Wildman–Crippen MR) is 129 cm³/mol. The molecule has 3 amide bonds. The highest BCUT2D eigenvalue weighted by molar-refractivity contribution is 7.85. The molecule has 3 atom stereocenters. The molecule has 0 aromatic carbocycles. The maximum atomic E-state index is 13.0. The molecular weight excluding hydrogens is 448 g/mol. The molecule has 0 saturated heterocycles. The second-order valence-electron chi connectivity index (χ2n) is 9.95.